The van der Waals surface area contributed by atoms with Gasteiger partial charge < -0.3 is 15.7 Å². The molecule has 1 amide bonds. The first kappa shape index (κ1) is 13.5. The summed E-state index contributed by atoms with van der Waals surface area (Å²) in [6.45, 7) is 0.617. The standard InChI is InChI=1S/C12H14Cl2N2O2/c13-9-4-7(5-10(14)11(9)15)12(18)16-3-1-2-8(16)6-17/h4-5,8,17H,1-3,6,15H2. The van der Waals surface area contributed by atoms with Crippen molar-refractivity contribution in [2.45, 2.75) is 18.9 Å². The molecule has 0 spiro atoms. The van der Waals surface area contributed by atoms with E-state index in [1.165, 1.54) is 12.1 Å². The van der Waals surface area contributed by atoms with Crippen LogP contribution in [0.5, 0.6) is 0 Å². The maximum atomic E-state index is 12.3. The first-order valence-corrected chi connectivity index (χ1v) is 6.46. The van der Waals surface area contributed by atoms with E-state index in [1.807, 2.05) is 0 Å². The summed E-state index contributed by atoms with van der Waals surface area (Å²) in [5, 5.41) is 9.76. The Morgan fingerprint density at radius 1 is 1.44 bits per heavy atom. The summed E-state index contributed by atoms with van der Waals surface area (Å²) >= 11 is 11.8. The number of amides is 1. The fourth-order valence-electron chi connectivity index (χ4n) is 2.17. The zero-order chi connectivity index (χ0) is 13.3. The van der Waals surface area contributed by atoms with Crippen LogP contribution in [0.3, 0.4) is 0 Å². The van der Waals surface area contributed by atoms with Gasteiger partial charge in [-0.05, 0) is 25.0 Å². The second kappa shape index (κ2) is 5.34. The number of carbonyl (C=O) groups is 1. The molecule has 0 bridgehead atoms. The summed E-state index contributed by atoms with van der Waals surface area (Å²) in [6.07, 6.45) is 1.71. The Balaban J connectivity index is 2.29. The van der Waals surface area contributed by atoms with Crippen LogP contribution in [0.1, 0.15) is 23.2 Å². The van der Waals surface area contributed by atoms with Crippen molar-refractivity contribution in [3.63, 3.8) is 0 Å². The minimum atomic E-state index is -0.171. The molecule has 0 aromatic heterocycles. The van der Waals surface area contributed by atoms with Crippen molar-refractivity contribution in [3.8, 4) is 0 Å². The molecule has 98 valence electrons. The molecule has 1 aromatic rings. The Morgan fingerprint density at radius 3 is 2.61 bits per heavy atom. The normalized spacial score (nSPS) is 19.3. The number of anilines is 1. The number of carbonyl (C=O) groups excluding carboxylic acids is 1. The van der Waals surface area contributed by atoms with E-state index in [0.717, 1.165) is 12.8 Å². The number of benzene rings is 1. The first-order chi connectivity index (χ1) is 8.54. The number of hydrogen-bond donors (Lipinski definition) is 2. The van der Waals surface area contributed by atoms with Gasteiger partial charge in [0.15, 0.2) is 0 Å². The predicted octanol–water partition coefficient (Wildman–Crippen LogP) is 2.17. The van der Waals surface area contributed by atoms with E-state index < -0.39 is 0 Å². The van der Waals surface area contributed by atoms with Crippen LogP contribution < -0.4 is 5.73 Å². The van der Waals surface area contributed by atoms with E-state index in [4.69, 9.17) is 28.9 Å². The molecular formula is C12H14Cl2N2O2. The molecule has 0 radical (unpaired) electrons. The highest BCUT2D eigenvalue weighted by Crippen LogP contribution is 2.30. The topological polar surface area (TPSA) is 66.6 Å². The largest absolute Gasteiger partial charge is 0.396 e. The number of halogens is 2. The summed E-state index contributed by atoms with van der Waals surface area (Å²) in [6, 6.07) is 2.91. The van der Waals surface area contributed by atoms with E-state index in [1.54, 1.807) is 4.90 Å². The van der Waals surface area contributed by atoms with Crippen LogP contribution in [0.4, 0.5) is 5.69 Å². The number of nitrogens with zero attached hydrogens (tertiary/aromatic N) is 1. The molecule has 18 heavy (non-hydrogen) atoms. The lowest BCUT2D eigenvalue weighted by atomic mass is 10.1. The molecule has 4 nitrogen and oxygen atoms in total. The van der Waals surface area contributed by atoms with E-state index in [-0.39, 0.29) is 34.3 Å². The van der Waals surface area contributed by atoms with E-state index in [0.29, 0.717) is 12.1 Å². The number of likely N-dealkylation sites (tertiary alicyclic amines) is 1. The van der Waals surface area contributed by atoms with E-state index in [9.17, 15) is 9.90 Å². The van der Waals surface area contributed by atoms with E-state index in [2.05, 4.69) is 0 Å². The smallest absolute Gasteiger partial charge is 0.254 e. The SMILES string of the molecule is Nc1c(Cl)cc(C(=O)N2CCCC2CO)cc1Cl. The van der Waals surface area contributed by atoms with Gasteiger partial charge in [-0.15, -0.1) is 0 Å². The zero-order valence-corrected chi connectivity index (χ0v) is 11.2. The van der Waals surface area contributed by atoms with Crippen molar-refractivity contribution in [3.05, 3.63) is 27.7 Å². The Bertz CT molecular complexity index is 456. The summed E-state index contributed by atoms with van der Waals surface area (Å²) in [5.41, 5.74) is 6.30. The highest BCUT2D eigenvalue weighted by atomic mass is 35.5. The van der Waals surface area contributed by atoms with Crippen molar-refractivity contribution < 1.29 is 9.90 Å². The van der Waals surface area contributed by atoms with Gasteiger partial charge in [0.1, 0.15) is 0 Å². The minimum absolute atomic E-state index is 0.0256. The quantitative estimate of drug-likeness (QED) is 0.820. The average molecular weight is 289 g/mol. The second-order valence-corrected chi connectivity index (χ2v) is 5.15. The van der Waals surface area contributed by atoms with Crippen LogP contribution >= 0.6 is 23.2 Å². The molecule has 0 saturated carbocycles. The number of aliphatic hydroxyl groups excluding tert-OH is 1. The molecule has 1 fully saturated rings. The van der Waals surface area contributed by atoms with E-state index >= 15 is 0 Å². The number of rotatable bonds is 2. The molecule has 1 aliphatic heterocycles. The molecule has 6 heteroatoms. The van der Waals surface area contributed by atoms with Gasteiger partial charge in [-0.3, -0.25) is 4.79 Å². The summed E-state index contributed by atoms with van der Waals surface area (Å²) in [5.74, 6) is -0.171. The Labute approximate surface area is 115 Å². The highest BCUT2D eigenvalue weighted by molar-refractivity contribution is 6.39. The number of nitrogens with two attached hydrogens (primary N) is 1. The van der Waals surface area contributed by atoms with Crippen LogP contribution in [0.25, 0.3) is 0 Å². The predicted molar refractivity (Wildman–Crippen MR) is 72.0 cm³/mol. The Hall–Kier alpha value is -0.970. The maximum absolute atomic E-state index is 12.3. The number of hydrogen-bond acceptors (Lipinski definition) is 3. The monoisotopic (exact) mass is 288 g/mol. The molecule has 1 unspecified atom stereocenters. The Morgan fingerprint density at radius 2 is 2.06 bits per heavy atom. The lowest BCUT2D eigenvalue weighted by Gasteiger charge is -2.23. The second-order valence-electron chi connectivity index (χ2n) is 4.33. The third kappa shape index (κ3) is 2.41. The van der Waals surface area contributed by atoms with Crippen molar-refractivity contribution in [1.82, 2.24) is 4.90 Å². The molecule has 3 N–H and O–H groups in total. The average Bonchev–Trinajstić information content (AvgIpc) is 2.82. The van der Waals surface area contributed by atoms with Crippen LogP contribution in [0.15, 0.2) is 12.1 Å². The minimum Gasteiger partial charge on any atom is -0.396 e. The fraction of sp³-hybridized carbons (Fsp3) is 0.417. The molecular weight excluding hydrogens is 275 g/mol. The lowest BCUT2D eigenvalue weighted by Crippen LogP contribution is -2.37. The van der Waals surface area contributed by atoms with Gasteiger partial charge in [0.05, 0.1) is 28.4 Å². The van der Waals surface area contributed by atoms with Crippen LogP contribution in [-0.2, 0) is 0 Å². The zero-order valence-electron chi connectivity index (χ0n) is 9.70. The molecule has 2 rings (SSSR count). The Kier molecular flexibility index (Phi) is 4.00. The summed E-state index contributed by atoms with van der Waals surface area (Å²) in [4.78, 5) is 13.9. The van der Waals surface area contributed by atoms with Gasteiger partial charge >= 0.3 is 0 Å². The first-order valence-electron chi connectivity index (χ1n) is 5.71. The highest BCUT2D eigenvalue weighted by Gasteiger charge is 2.29. The van der Waals surface area contributed by atoms with Crippen molar-refractivity contribution in [2.75, 3.05) is 18.9 Å². The number of nitrogen functional groups attached to an aromatic ring is 1. The van der Waals surface area contributed by atoms with Crippen LogP contribution in [0.2, 0.25) is 10.0 Å². The summed E-state index contributed by atoms with van der Waals surface area (Å²) in [7, 11) is 0. The van der Waals surface area contributed by atoms with Gasteiger partial charge in [0.2, 0.25) is 0 Å². The van der Waals surface area contributed by atoms with Crippen LogP contribution in [0, 0.1) is 0 Å². The third-order valence-electron chi connectivity index (χ3n) is 3.17. The van der Waals surface area contributed by atoms with Gasteiger partial charge in [-0.2, -0.15) is 0 Å². The van der Waals surface area contributed by atoms with Crippen molar-refractivity contribution in [2.24, 2.45) is 0 Å². The lowest BCUT2D eigenvalue weighted by molar-refractivity contribution is 0.0677. The van der Waals surface area contributed by atoms with Crippen molar-refractivity contribution in [1.29, 1.82) is 0 Å². The third-order valence-corrected chi connectivity index (χ3v) is 3.80. The van der Waals surface area contributed by atoms with Crippen LogP contribution in [-0.4, -0.2) is 35.1 Å². The van der Waals surface area contributed by atoms with Gasteiger partial charge in [-0.25, -0.2) is 0 Å². The van der Waals surface area contributed by atoms with Gasteiger partial charge in [-0.1, -0.05) is 23.2 Å². The maximum Gasteiger partial charge on any atom is 0.254 e. The molecule has 1 saturated heterocycles. The summed E-state index contributed by atoms with van der Waals surface area (Å²) < 4.78 is 0. The molecule has 1 heterocycles. The fourth-order valence-corrected chi connectivity index (χ4v) is 2.65. The van der Waals surface area contributed by atoms with Crippen molar-refractivity contribution >= 4 is 34.8 Å². The molecule has 1 aromatic carbocycles. The molecule has 1 aliphatic rings. The number of aliphatic hydroxyl groups is 1. The molecule has 0 aliphatic carbocycles. The van der Waals surface area contributed by atoms with Gasteiger partial charge in [0, 0.05) is 12.1 Å². The van der Waals surface area contributed by atoms with Gasteiger partial charge in [0.25, 0.3) is 5.91 Å². The molecule has 1 atom stereocenters.